The minimum absolute atomic E-state index is 0.278. The summed E-state index contributed by atoms with van der Waals surface area (Å²) in [6.45, 7) is 11.5. The summed E-state index contributed by atoms with van der Waals surface area (Å²) in [7, 11) is 3.50. The number of hydrogen-bond acceptors (Lipinski definition) is 7. The van der Waals surface area contributed by atoms with Gasteiger partial charge < -0.3 is 24.0 Å². The third-order valence-electron chi connectivity index (χ3n) is 7.19. The van der Waals surface area contributed by atoms with E-state index in [-0.39, 0.29) is 18.7 Å². The Balaban J connectivity index is 1.59. The van der Waals surface area contributed by atoms with Gasteiger partial charge in [-0.2, -0.15) is 0 Å². The molecule has 1 amide bonds. The third kappa shape index (κ3) is 9.06. The van der Waals surface area contributed by atoms with Crippen LogP contribution in [-0.2, 0) is 9.47 Å². The van der Waals surface area contributed by atoms with Gasteiger partial charge in [-0.1, -0.05) is 54.6 Å². The molecule has 42 heavy (non-hydrogen) atoms. The summed E-state index contributed by atoms with van der Waals surface area (Å²) in [5.41, 5.74) is 1.65. The average molecular weight is 574 g/mol. The first kappa shape index (κ1) is 31.1. The number of nitrogens with zero attached hydrogens (tertiary/aromatic N) is 3. The Morgan fingerprint density at radius 3 is 2.31 bits per heavy atom. The number of hydrogen-bond donors (Lipinski definition) is 0. The van der Waals surface area contributed by atoms with Crippen LogP contribution in [0.1, 0.15) is 36.7 Å². The van der Waals surface area contributed by atoms with Gasteiger partial charge in [0.15, 0.2) is 0 Å². The first-order valence-corrected chi connectivity index (χ1v) is 14.5. The number of rotatable bonds is 10. The minimum atomic E-state index is -0.615. The van der Waals surface area contributed by atoms with Crippen molar-refractivity contribution in [1.82, 2.24) is 14.7 Å². The Hall–Kier alpha value is -3.88. The third-order valence-corrected chi connectivity index (χ3v) is 7.19. The zero-order valence-corrected chi connectivity index (χ0v) is 25.5. The number of fused-ring (bicyclic) bond motifs is 1. The number of carbonyl (C=O) groups is 2. The molecule has 1 aliphatic rings. The fourth-order valence-corrected chi connectivity index (χ4v) is 4.83. The fraction of sp³-hybridized carbons (Fsp3) is 0.412. The molecule has 1 saturated heterocycles. The zero-order chi connectivity index (χ0) is 30.1. The molecule has 3 aromatic carbocycles. The first-order chi connectivity index (χ1) is 20.1. The highest BCUT2D eigenvalue weighted by Gasteiger charge is 2.24. The van der Waals surface area contributed by atoms with Crippen molar-refractivity contribution in [3.8, 4) is 5.75 Å². The van der Waals surface area contributed by atoms with Crippen LogP contribution in [0.25, 0.3) is 16.8 Å². The molecule has 4 rings (SSSR count). The topological polar surface area (TPSA) is 71.6 Å². The predicted octanol–water partition coefficient (Wildman–Crippen LogP) is 5.57. The summed E-state index contributed by atoms with van der Waals surface area (Å²) < 4.78 is 17.0. The molecule has 1 aliphatic heterocycles. The maximum atomic E-state index is 13.4. The summed E-state index contributed by atoms with van der Waals surface area (Å²) in [6.07, 6.45) is 1.66. The molecule has 0 N–H and O–H groups in total. The van der Waals surface area contributed by atoms with Gasteiger partial charge in [-0.15, -0.1) is 0 Å². The van der Waals surface area contributed by atoms with Crippen LogP contribution in [0.15, 0.2) is 72.3 Å². The lowest BCUT2D eigenvalue weighted by Crippen LogP contribution is -2.48. The quantitative estimate of drug-likeness (QED) is 0.294. The smallest absolute Gasteiger partial charge is 0.410 e. The van der Waals surface area contributed by atoms with E-state index in [4.69, 9.17) is 14.2 Å². The van der Waals surface area contributed by atoms with Crippen LogP contribution < -0.4 is 4.74 Å². The minimum Gasteiger partial charge on any atom is -0.489 e. The Kier molecular flexibility index (Phi) is 10.6. The van der Waals surface area contributed by atoms with Gasteiger partial charge in [-0.05, 0) is 62.5 Å². The lowest BCUT2D eigenvalue weighted by atomic mass is 10.1. The summed E-state index contributed by atoms with van der Waals surface area (Å²) in [6, 6.07) is 21.3. The van der Waals surface area contributed by atoms with Gasteiger partial charge in [0.1, 0.15) is 18.0 Å². The maximum absolute atomic E-state index is 13.4. The van der Waals surface area contributed by atoms with Crippen molar-refractivity contribution in [3.05, 3.63) is 83.4 Å². The zero-order valence-electron chi connectivity index (χ0n) is 25.5. The Labute approximate surface area is 249 Å². The molecule has 0 aliphatic carbocycles. The van der Waals surface area contributed by atoms with Gasteiger partial charge in [0, 0.05) is 51.2 Å². The summed E-state index contributed by atoms with van der Waals surface area (Å²) in [5.74, 6) is 0.395. The maximum Gasteiger partial charge on any atom is 0.410 e. The second-order valence-electron chi connectivity index (χ2n) is 11.7. The van der Waals surface area contributed by atoms with E-state index >= 15 is 0 Å². The van der Waals surface area contributed by atoms with Crippen molar-refractivity contribution >= 4 is 28.9 Å². The van der Waals surface area contributed by atoms with E-state index in [0.29, 0.717) is 18.7 Å². The molecule has 0 saturated carbocycles. The molecule has 8 nitrogen and oxygen atoms in total. The first-order valence-electron chi connectivity index (χ1n) is 14.5. The second-order valence-corrected chi connectivity index (χ2v) is 11.7. The van der Waals surface area contributed by atoms with Gasteiger partial charge in [0.05, 0.1) is 12.7 Å². The molecule has 8 heteroatoms. The van der Waals surface area contributed by atoms with Gasteiger partial charge >= 0.3 is 12.1 Å². The Bertz CT molecular complexity index is 1370. The number of carbonyl (C=O) groups excluding carboxylic acids is 2. The van der Waals surface area contributed by atoms with Crippen LogP contribution in [0.3, 0.4) is 0 Å². The van der Waals surface area contributed by atoms with E-state index in [1.807, 2.05) is 69.3 Å². The van der Waals surface area contributed by atoms with Gasteiger partial charge in [-0.25, -0.2) is 9.59 Å². The van der Waals surface area contributed by atoms with Crippen molar-refractivity contribution in [2.45, 2.75) is 26.4 Å². The Morgan fingerprint density at radius 1 is 0.929 bits per heavy atom. The standard InChI is InChI=1S/C34H43N3O5/c1-34(2,3)42-33(39)37(22-21-36-19-17-35(4)18-20-36)24-27(23-26-13-15-29(16-14-26)32(38)40-5)25-41-31-12-8-10-28-9-6-7-11-30(28)31/h6-16,23H,17-22,24-25H2,1-5H3/b27-23-. The lowest BCUT2D eigenvalue weighted by molar-refractivity contribution is 0.0237. The molecule has 0 unspecified atom stereocenters. The molecule has 1 heterocycles. The van der Waals surface area contributed by atoms with E-state index in [1.54, 1.807) is 17.0 Å². The molecule has 0 aromatic heterocycles. The summed E-state index contributed by atoms with van der Waals surface area (Å²) in [5, 5.41) is 2.13. The molecule has 0 atom stereocenters. The van der Waals surface area contributed by atoms with E-state index in [9.17, 15) is 9.59 Å². The number of amides is 1. The van der Waals surface area contributed by atoms with Crippen LogP contribution in [0, 0.1) is 0 Å². The van der Waals surface area contributed by atoms with Crippen LogP contribution in [0.2, 0.25) is 0 Å². The molecule has 0 radical (unpaired) electrons. The van der Waals surface area contributed by atoms with Crippen LogP contribution in [0.5, 0.6) is 5.75 Å². The summed E-state index contributed by atoms with van der Waals surface area (Å²) in [4.78, 5) is 31.9. The van der Waals surface area contributed by atoms with Gasteiger partial charge in [0.25, 0.3) is 0 Å². The normalized spacial score (nSPS) is 14.9. The molecular weight excluding hydrogens is 530 g/mol. The average Bonchev–Trinajstić information content (AvgIpc) is 2.97. The van der Waals surface area contributed by atoms with Crippen molar-refractivity contribution in [2.75, 3.05) is 66.6 Å². The summed E-state index contributed by atoms with van der Waals surface area (Å²) >= 11 is 0. The van der Waals surface area contributed by atoms with E-state index in [0.717, 1.165) is 60.4 Å². The van der Waals surface area contributed by atoms with Crippen LogP contribution in [0.4, 0.5) is 4.79 Å². The predicted molar refractivity (Wildman–Crippen MR) is 167 cm³/mol. The van der Waals surface area contributed by atoms with E-state index < -0.39 is 5.60 Å². The molecular formula is C34H43N3O5. The number of ether oxygens (including phenoxy) is 3. The SMILES string of the molecule is COC(=O)c1ccc(/C=C(\COc2cccc3ccccc23)CN(CCN2CCN(C)CC2)C(=O)OC(C)(C)C)cc1. The number of piperazine rings is 1. The molecule has 0 bridgehead atoms. The number of esters is 1. The Morgan fingerprint density at radius 2 is 1.62 bits per heavy atom. The molecule has 224 valence electrons. The number of likely N-dealkylation sites (N-methyl/N-ethyl adjacent to an activating group) is 1. The van der Waals surface area contributed by atoms with E-state index in [2.05, 4.69) is 29.0 Å². The van der Waals surface area contributed by atoms with Crippen molar-refractivity contribution in [1.29, 1.82) is 0 Å². The van der Waals surface area contributed by atoms with Crippen LogP contribution >= 0.6 is 0 Å². The van der Waals surface area contributed by atoms with Gasteiger partial charge in [0.2, 0.25) is 0 Å². The highest BCUT2D eigenvalue weighted by Crippen LogP contribution is 2.26. The fourth-order valence-electron chi connectivity index (χ4n) is 4.83. The molecule has 0 spiro atoms. The highest BCUT2D eigenvalue weighted by atomic mass is 16.6. The monoisotopic (exact) mass is 573 g/mol. The van der Waals surface area contributed by atoms with Crippen molar-refractivity contribution in [3.63, 3.8) is 0 Å². The molecule has 3 aromatic rings. The van der Waals surface area contributed by atoms with Gasteiger partial charge in [-0.3, -0.25) is 4.90 Å². The van der Waals surface area contributed by atoms with Crippen molar-refractivity contribution < 1.29 is 23.8 Å². The molecule has 1 fully saturated rings. The largest absolute Gasteiger partial charge is 0.489 e. The number of benzene rings is 3. The van der Waals surface area contributed by atoms with Crippen molar-refractivity contribution in [2.24, 2.45) is 0 Å². The second kappa shape index (κ2) is 14.3. The van der Waals surface area contributed by atoms with E-state index in [1.165, 1.54) is 7.11 Å². The number of methoxy groups -OCH3 is 1. The lowest BCUT2D eigenvalue weighted by Gasteiger charge is -2.34. The highest BCUT2D eigenvalue weighted by molar-refractivity contribution is 5.89. The van der Waals surface area contributed by atoms with Crippen LogP contribution in [-0.4, -0.2) is 98.9 Å².